The van der Waals surface area contributed by atoms with Gasteiger partial charge < -0.3 is 33.5 Å². The number of rotatable bonds is 7. The number of carbonyl (C=O) groups excluding carboxylic acids is 2. The molecule has 0 amide bonds. The average Bonchev–Trinajstić information content (AvgIpc) is 2.81. The SMILES string of the molecule is CCOC(C)OC1CC(OC(C)=O)(OC(C)=O)C(CO)C2OC(C)(C)OC12. The van der Waals surface area contributed by atoms with Crippen molar-refractivity contribution in [2.75, 3.05) is 13.2 Å². The molecule has 0 radical (unpaired) electrons. The zero-order valence-electron chi connectivity index (χ0n) is 16.7. The van der Waals surface area contributed by atoms with Crippen molar-refractivity contribution in [3.05, 3.63) is 0 Å². The van der Waals surface area contributed by atoms with Crippen LogP contribution in [0, 0.1) is 5.92 Å². The van der Waals surface area contributed by atoms with Gasteiger partial charge >= 0.3 is 11.9 Å². The van der Waals surface area contributed by atoms with Gasteiger partial charge in [0.2, 0.25) is 0 Å². The lowest BCUT2D eigenvalue weighted by molar-refractivity contribution is -0.303. The molecular formula is C18H30O9. The molecule has 5 unspecified atom stereocenters. The van der Waals surface area contributed by atoms with Crippen LogP contribution in [0.15, 0.2) is 0 Å². The van der Waals surface area contributed by atoms with Crippen molar-refractivity contribution in [1.29, 1.82) is 0 Å². The molecule has 9 nitrogen and oxygen atoms in total. The first-order valence-electron chi connectivity index (χ1n) is 9.16. The third kappa shape index (κ3) is 4.97. The van der Waals surface area contributed by atoms with Crippen LogP contribution in [0.4, 0.5) is 0 Å². The predicted molar refractivity (Wildman–Crippen MR) is 91.2 cm³/mol. The van der Waals surface area contributed by atoms with Gasteiger partial charge in [-0.05, 0) is 27.7 Å². The van der Waals surface area contributed by atoms with Crippen molar-refractivity contribution in [3.8, 4) is 0 Å². The van der Waals surface area contributed by atoms with E-state index in [9.17, 15) is 14.7 Å². The Morgan fingerprint density at radius 3 is 2.19 bits per heavy atom. The van der Waals surface area contributed by atoms with Crippen LogP contribution in [0.2, 0.25) is 0 Å². The highest BCUT2D eigenvalue weighted by molar-refractivity contribution is 5.69. The normalized spacial score (nSPS) is 32.4. The summed E-state index contributed by atoms with van der Waals surface area (Å²) in [5.41, 5.74) is 0. The fraction of sp³-hybridized carbons (Fsp3) is 0.889. The Kier molecular flexibility index (Phi) is 6.86. The maximum absolute atomic E-state index is 11.8. The summed E-state index contributed by atoms with van der Waals surface area (Å²) in [4.78, 5) is 23.6. The van der Waals surface area contributed by atoms with Crippen LogP contribution in [0.25, 0.3) is 0 Å². The summed E-state index contributed by atoms with van der Waals surface area (Å²) >= 11 is 0. The van der Waals surface area contributed by atoms with E-state index in [4.69, 9.17) is 28.4 Å². The summed E-state index contributed by atoms with van der Waals surface area (Å²) in [5, 5.41) is 10.0. The summed E-state index contributed by atoms with van der Waals surface area (Å²) in [5.74, 6) is -4.81. The van der Waals surface area contributed by atoms with Gasteiger partial charge in [0, 0.05) is 20.5 Å². The molecule has 1 saturated carbocycles. The topological polar surface area (TPSA) is 110 Å². The number of carbonyl (C=O) groups is 2. The number of esters is 2. The number of hydrogen-bond donors (Lipinski definition) is 1. The maximum Gasteiger partial charge on any atom is 0.305 e. The van der Waals surface area contributed by atoms with E-state index in [0.29, 0.717) is 6.61 Å². The van der Waals surface area contributed by atoms with Gasteiger partial charge in [-0.25, -0.2) is 0 Å². The lowest BCUT2D eigenvalue weighted by atomic mass is 9.77. The van der Waals surface area contributed by atoms with Gasteiger partial charge in [-0.3, -0.25) is 9.59 Å². The Bertz CT molecular complexity index is 531. The molecule has 0 aromatic heterocycles. The fourth-order valence-electron chi connectivity index (χ4n) is 3.84. The molecule has 156 valence electrons. The lowest BCUT2D eigenvalue weighted by Gasteiger charge is -2.47. The summed E-state index contributed by atoms with van der Waals surface area (Å²) in [6.07, 6.45) is -2.50. The molecule has 0 bridgehead atoms. The molecule has 1 saturated heterocycles. The zero-order chi connectivity index (χ0) is 20.4. The minimum absolute atomic E-state index is 0.0184. The van der Waals surface area contributed by atoms with Crippen molar-refractivity contribution < 1.29 is 43.1 Å². The lowest BCUT2D eigenvalue weighted by Crippen LogP contribution is -2.63. The minimum Gasteiger partial charge on any atom is -0.422 e. The molecule has 1 aliphatic heterocycles. The molecule has 5 atom stereocenters. The largest absolute Gasteiger partial charge is 0.422 e. The van der Waals surface area contributed by atoms with Crippen LogP contribution in [0.3, 0.4) is 0 Å². The second kappa shape index (κ2) is 8.40. The van der Waals surface area contributed by atoms with Gasteiger partial charge in [-0.1, -0.05) is 0 Å². The Labute approximate surface area is 159 Å². The molecular weight excluding hydrogens is 360 g/mol. The number of ether oxygens (including phenoxy) is 6. The number of hydrogen-bond acceptors (Lipinski definition) is 9. The fourth-order valence-corrected chi connectivity index (χ4v) is 3.84. The average molecular weight is 390 g/mol. The van der Waals surface area contributed by atoms with Crippen molar-refractivity contribution in [3.63, 3.8) is 0 Å². The molecule has 2 rings (SSSR count). The third-order valence-electron chi connectivity index (χ3n) is 4.57. The van der Waals surface area contributed by atoms with E-state index in [-0.39, 0.29) is 6.42 Å². The molecule has 1 heterocycles. The van der Waals surface area contributed by atoms with Gasteiger partial charge in [-0.2, -0.15) is 0 Å². The molecule has 0 spiro atoms. The smallest absolute Gasteiger partial charge is 0.305 e. The maximum atomic E-state index is 11.8. The summed E-state index contributed by atoms with van der Waals surface area (Å²) in [7, 11) is 0. The number of aliphatic hydroxyl groups excluding tert-OH is 1. The van der Waals surface area contributed by atoms with E-state index in [1.165, 1.54) is 13.8 Å². The highest BCUT2D eigenvalue weighted by Crippen LogP contribution is 2.47. The number of fused-ring (bicyclic) bond motifs is 1. The first-order valence-corrected chi connectivity index (χ1v) is 9.16. The van der Waals surface area contributed by atoms with Crippen molar-refractivity contribution in [2.45, 2.75) is 84.1 Å². The minimum atomic E-state index is -1.73. The molecule has 1 N–H and O–H groups in total. The van der Waals surface area contributed by atoms with Gasteiger partial charge in [0.05, 0.1) is 25.0 Å². The Hall–Kier alpha value is -1.26. The van der Waals surface area contributed by atoms with Gasteiger partial charge in [-0.15, -0.1) is 0 Å². The highest BCUT2D eigenvalue weighted by atomic mass is 16.8. The van der Waals surface area contributed by atoms with Crippen LogP contribution in [-0.2, 0) is 38.0 Å². The summed E-state index contributed by atoms with van der Waals surface area (Å²) in [6.45, 7) is 9.48. The first-order chi connectivity index (χ1) is 12.5. The van der Waals surface area contributed by atoms with Gasteiger partial charge in [0.1, 0.15) is 12.2 Å². The van der Waals surface area contributed by atoms with Crippen LogP contribution in [0.5, 0.6) is 0 Å². The third-order valence-corrected chi connectivity index (χ3v) is 4.57. The van der Waals surface area contributed by atoms with Crippen LogP contribution < -0.4 is 0 Å². The standard InChI is InChI=1S/C18H30O9/c1-7-22-12(4)23-14-8-18(24-10(2)20,25-11(3)21)13(9-19)15-16(14)27-17(5,6)26-15/h12-16,19H,7-9H2,1-6H3. The molecule has 2 fully saturated rings. The summed E-state index contributed by atoms with van der Waals surface area (Å²) < 4.78 is 34.2. The zero-order valence-corrected chi connectivity index (χ0v) is 16.7. The van der Waals surface area contributed by atoms with Crippen molar-refractivity contribution in [1.82, 2.24) is 0 Å². The van der Waals surface area contributed by atoms with E-state index in [1.54, 1.807) is 20.8 Å². The van der Waals surface area contributed by atoms with Gasteiger partial charge in [0.25, 0.3) is 5.79 Å². The Balaban J connectivity index is 2.42. The van der Waals surface area contributed by atoms with E-state index < -0.39 is 60.6 Å². The van der Waals surface area contributed by atoms with Crippen LogP contribution in [0.1, 0.15) is 48.0 Å². The van der Waals surface area contributed by atoms with Crippen molar-refractivity contribution >= 4 is 11.9 Å². The van der Waals surface area contributed by atoms with E-state index >= 15 is 0 Å². The molecule has 9 heteroatoms. The summed E-state index contributed by atoms with van der Waals surface area (Å²) in [6, 6.07) is 0. The van der Waals surface area contributed by atoms with Crippen LogP contribution >= 0.6 is 0 Å². The monoisotopic (exact) mass is 390 g/mol. The second-order valence-electron chi connectivity index (χ2n) is 7.25. The Morgan fingerprint density at radius 2 is 1.70 bits per heavy atom. The molecule has 2 aliphatic rings. The van der Waals surface area contributed by atoms with Crippen molar-refractivity contribution in [2.24, 2.45) is 5.92 Å². The molecule has 27 heavy (non-hydrogen) atoms. The van der Waals surface area contributed by atoms with E-state index in [1.807, 2.05) is 6.92 Å². The first kappa shape index (κ1) is 22.0. The number of aliphatic hydroxyl groups is 1. The van der Waals surface area contributed by atoms with E-state index in [2.05, 4.69) is 0 Å². The van der Waals surface area contributed by atoms with E-state index in [0.717, 1.165) is 0 Å². The van der Waals surface area contributed by atoms with Crippen LogP contribution in [-0.4, -0.2) is 66.4 Å². The molecule has 1 aliphatic carbocycles. The predicted octanol–water partition coefficient (Wildman–Crippen LogP) is 1.11. The molecule has 0 aromatic rings. The quantitative estimate of drug-likeness (QED) is 0.505. The molecule has 0 aromatic carbocycles. The van der Waals surface area contributed by atoms with Gasteiger partial charge in [0.15, 0.2) is 12.1 Å². The second-order valence-corrected chi connectivity index (χ2v) is 7.25. The highest BCUT2D eigenvalue weighted by Gasteiger charge is 2.64. The Morgan fingerprint density at radius 1 is 1.15 bits per heavy atom.